The summed E-state index contributed by atoms with van der Waals surface area (Å²) >= 11 is 0. The van der Waals surface area contributed by atoms with E-state index in [-0.39, 0.29) is 6.09 Å². The lowest BCUT2D eigenvalue weighted by molar-refractivity contribution is 0.0599. The maximum atomic E-state index is 12.9. The number of benzene rings is 2. The van der Waals surface area contributed by atoms with Crippen molar-refractivity contribution in [3.8, 4) is 5.75 Å². The molecule has 4 nitrogen and oxygen atoms in total. The van der Waals surface area contributed by atoms with Crippen LogP contribution in [0.4, 0.5) is 10.5 Å². The molecule has 0 unspecified atom stereocenters. The van der Waals surface area contributed by atoms with Crippen LogP contribution in [0, 0.1) is 0 Å². The maximum absolute atomic E-state index is 12.9. The molecule has 4 heteroatoms. The van der Waals surface area contributed by atoms with Gasteiger partial charge in [0.15, 0.2) is 0 Å². The summed E-state index contributed by atoms with van der Waals surface area (Å²) in [5.74, 6) is 0.782. The number of fused-ring (bicyclic) bond motifs is 1. The van der Waals surface area contributed by atoms with Crippen LogP contribution in [0.3, 0.4) is 0 Å². The van der Waals surface area contributed by atoms with E-state index in [1.807, 2.05) is 69.3 Å². The van der Waals surface area contributed by atoms with E-state index in [1.165, 1.54) is 0 Å². The number of carbonyl (C=O) groups is 1. The highest BCUT2D eigenvalue weighted by Gasteiger charge is 2.30. The van der Waals surface area contributed by atoms with Crippen LogP contribution in [0.5, 0.6) is 5.75 Å². The van der Waals surface area contributed by atoms with Crippen molar-refractivity contribution in [2.75, 3.05) is 12.0 Å². The quantitative estimate of drug-likeness (QED) is 0.771. The molecule has 0 aliphatic carbocycles. The summed E-state index contributed by atoms with van der Waals surface area (Å²) in [4.78, 5) is 14.6. The van der Waals surface area contributed by atoms with Crippen LogP contribution < -0.4 is 9.64 Å². The van der Waals surface area contributed by atoms with E-state index in [0.29, 0.717) is 0 Å². The Hall–Kier alpha value is -2.75. The van der Waals surface area contributed by atoms with Gasteiger partial charge in [0.2, 0.25) is 0 Å². The molecular weight excluding hydrogens is 314 g/mol. The highest BCUT2D eigenvalue weighted by molar-refractivity contribution is 6.04. The van der Waals surface area contributed by atoms with Crippen molar-refractivity contribution in [2.45, 2.75) is 32.8 Å². The molecule has 1 amide bonds. The fraction of sp³-hybridized carbons (Fsp3) is 0.286. The zero-order valence-electron chi connectivity index (χ0n) is 15.1. The van der Waals surface area contributed by atoms with Crippen LogP contribution in [0.25, 0.3) is 5.70 Å². The van der Waals surface area contributed by atoms with Crippen molar-refractivity contribution < 1.29 is 14.3 Å². The second kappa shape index (κ2) is 6.63. The highest BCUT2D eigenvalue weighted by atomic mass is 16.6. The third kappa shape index (κ3) is 3.68. The van der Waals surface area contributed by atoms with Gasteiger partial charge >= 0.3 is 6.09 Å². The molecule has 0 atom stereocenters. The van der Waals surface area contributed by atoms with Crippen molar-refractivity contribution in [1.29, 1.82) is 0 Å². The zero-order valence-corrected chi connectivity index (χ0v) is 15.1. The summed E-state index contributed by atoms with van der Waals surface area (Å²) in [6.07, 6.45) is 2.46. The molecule has 1 aliphatic heterocycles. The Kier molecular flexibility index (Phi) is 4.53. The van der Waals surface area contributed by atoms with Crippen LogP contribution in [-0.2, 0) is 11.2 Å². The van der Waals surface area contributed by atoms with E-state index in [0.717, 1.165) is 34.7 Å². The number of methoxy groups -OCH3 is 1. The molecular formula is C21H23NO3. The minimum Gasteiger partial charge on any atom is -0.497 e. The van der Waals surface area contributed by atoms with Gasteiger partial charge in [0.25, 0.3) is 0 Å². The number of hydrogen-bond donors (Lipinski definition) is 0. The lowest BCUT2D eigenvalue weighted by Crippen LogP contribution is -2.37. The van der Waals surface area contributed by atoms with E-state index in [4.69, 9.17) is 9.47 Å². The molecule has 0 fully saturated rings. The third-order valence-corrected chi connectivity index (χ3v) is 3.95. The molecule has 2 aromatic carbocycles. The Morgan fingerprint density at radius 3 is 2.36 bits per heavy atom. The van der Waals surface area contributed by atoms with Crippen LogP contribution in [0.15, 0.2) is 54.6 Å². The van der Waals surface area contributed by atoms with Gasteiger partial charge in [0, 0.05) is 0 Å². The Bertz CT molecular complexity index is 801. The summed E-state index contributed by atoms with van der Waals surface area (Å²) < 4.78 is 10.9. The molecule has 130 valence electrons. The molecule has 2 aromatic rings. The number of hydrogen-bond acceptors (Lipinski definition) is 3. The van der Waals surface area contributed by atoms with Crippen molar-refractivity contribution >= 4 is 17.5 Å². The van der Waals surface area contributed by atoms with Gasteiger partial charge in [-0.25, -0.2) is 9.69 Å². The molecule has 0 spiro atoms. The molecule has 0 saturated carbocycles. The van der Waals surface area contributed by atoms with Crippen molar-refractivity contribution in [2.24, 2.45) is 0 Å². The first-order valence-electron chi connectivity index (χ1n) is 8.34. The van der Waals surface area contributed by atoms with Crippen LogP contribution >= 0.6 is 0 Å². The van der Waals surface area contributed by atoms with Crippen molar-refractivity contribution in [3.63, 3.8) is 0 Å². The van der Waals surface area contributed by atoms with Gasteiger partial charge in [-0.1, -0.05) is 24.3 Å². The number of carbonyl (C=O) groups excluding carboxylic acids is 1. The number of para-hydroxylation sites is 1. The van der Waals surface area contributed by atoms with Crippen molar-refractivity contribution in [1.82, 2.24) is 0 Å². The summed E-state index contributed by atoms with van der Waals surface area (Å²) in [6.45, 7) is 5.62. The molecule has 0 radical (unpaired) electrons. The van der Waals surface area contributed by atoms with Gasteiger partial charge in [-0.3, -0.25) is 0 Å². The fourth-order valence-corrected chi connectivity index (χ4v) is 2.84. The normalized spacial score (nSPS) is 13.8. The molecule has 1 aliphatic rings. The van der Waals surface area contributed by atoms with Crippen molar-refractivity contribution in [3.05, 3.63) is 65.7 Å². The average Bonchev–Trinajstić information content (AvgIpc) is 2.59. The SMILES string of the molecule is COc1ccc(C2=CCc3ccccc3N2C(=O)OC(C)(C)C)cc1. The number of ether oxygens (including phenoxy) is 2. The van der Waals surface area contributed by atoms with Gasteiger partial charge in [0.1, 0.15) is 11.4 Å². The predicted molar refractivity (Wildman–Crippen MR) is 99.8 cm³/mol. The van der Waals surface area contributed by atoms with E-state index >= 15 is 0 Å². The summed E-state index contributed by atoms with van der Waals surface area (Å²) in [6, 6.07) is 15.6. The number of amides is 1. The fourth-order valence-electron chi connectivity index (χ4n) is 2.84. The number of anilines is 1. The first kappa shape index (κ1) is 17.1. The molecule has 0 N–H and O–H groups in total. The number of nitrogens with zero attached hydrogens (tertiary/aromatic N) is 1. The van der Waals surface area contributed by atoms with E-state index in [9.17, 15) is 4.79 Å². The minimum atomic E-state index is -0.561. The van der Waals surface area contributed by atoms with Gasteiger partial charge in [-0.05, 0) is 68.7 Å². The molecule has 0 saturated heterocycles. The zero-order chi connectivity index (χ0) is 18.0. The second-order valence-electron chi connectivity index (χ2n) is 6.97. The first-order valence-corrected chi connectivity index (χ1v) is 8.34. The maximum Gasteiger partial charge on any atom is 0.419 e. The van der Waals surface area contributed by atoms with Gasteiger partial charge in [-0.2, -0.15) is 0 Å². The van der Waals surface area contributed by atoms with E-state index in [1.54, 1.807) is 12.0 Å². The molecule has 3 rings (SSSR count). The lowest BCUT2D eigenvalue weighted by Gasteiger charge is -2.33. The van der Waals surface area contributed by atoms with E-state index < -0.39 is 5.60 Å². The monoisotopic (exact) mass is 337 g/mol. The smallest absolute Gasteiger partial charge is 0.419 e. The lowest BCUT2D eigenvalue weighted by atomic mass is 9.99. The van der Waals surface area contributed by atoms with Crippen LogP contribution in [0.1, 0.15) is 31.9 Å². The molecule has 0 bridgehead atoms. The predicted octanol–water partition coefficient (Wildman–Crippen LogP) is 5.03. The standard InChI is InChI=1S/C21H23NO3/c1-21(2,3)25-20(23)22-18-8-6-5-7-15(18)11-14-19(22)16-9-12-17(24-4)13-10-16/h5-10,12-14H,11H2,1-4H3. The third-order valence-electron chi connectivity index (χ3n) is 3.95. The van der Waals surface area contributed by atoms with E-state index in [2.05, 4.69) is 6.08 Å². The highest BCUT2D eigenvalue weighted by Crippen LogP contribution is 2.36. The van der Waals surface area contributed by atoms with Crippen LogP contribution in [0.2, 0.25) is 0 Å². The second-order valence-corrected chi connectivity index (χ2v) is 6.97. The Labute approximate surface area is 148 Å². The summed E-state index contributed by atoms with van der Waals surface area (Å²) in [5.41, 5.74) is 3.18. The van der Waals surface area contributed by atoms with Crippen LogP contribution in [-0.4, -0.2) is 18.8 Å². The number of rotatable bonds is 2. The molecule has 1 heterocycles. The largest absolute Gasteiger partial charge is 0.497 e. The topological polar surface area (TPSA) is 38.8 Å². The Morgan fingerprint density at radius 2 is 1.72 bits per heavy atom. The Balaban J connectivity index is 2.03. The van der Waals surface area contributed by atoms with Gasteiger partial charge in [0.05, 0.1) is 18.5 Å². The minimum absolute atomic E-state index is 0.373. The average molecular weight is 337 g/mol. The van der Waals surface area contributed by atoms with Gasteiger partial charge in [-0.15, -0.1) is 0 Å². The summed E-state index contributed by atoms with van der Waals surface area (Å²) in [5, 5.41) is 0. The van der Waals surface area contributed by atoms with Gasteiger partial charge < -0.3 is 9.47 Å². The summed E-state index contributed by atoms with van der Waals surface area (Å²) in [7, 11) is 1.64. The molecule has 0 aromatic heterocycles. The number of allylic oxidation sites excluding steroid dienone is 1. The first-order chi connectivity index (χ1) is 11.9. The Morgan fingerprint density at radius 1 is 1.04 bits per heavy atom. The molecule has 25 heavy (non-hydrogen) atoms.